The molecule has 0 radical (unpaired) electrons. The Hall–Kier alpha value is -3.14. The average molecular weight is 466 g/mol. The Morgan fingerprint density at radius 2 is 1.68 bits per heavy atom. The van der Waals surface area contributed by atoms with Crippen LogP contribution in [0.5, 0.6) is 0 Å². The average Bonchev–Trinajstić information content (AvgIpc) is 3.31. The predicted molar refractivity (Wildman–Crippen MR) is 124 cm³/mol. The zero-order chi connectivity index (χ0) is 23.7. The van der Waals surface area contributed by atoms with Crippen LogP contribution in [0.2, 0.25) is 0 Å². The van der Waals surface area contributed by atoms with Crippen molar-refractivity contribution in [1.29, 1.82) is 0 Å². The van der Waals surface area contributed by atoms with Crippen molar-refractivity contribution < 1.29 is 18.7 Å². The van der Waals surface area contributed by atoms with E-state index in [1.165, 1.54) is 12.1 Å². The molecule has 4 heterocycles. The Morgan fingerprint density at radius 1 is 1.03 bits per heavy atom. The molecule has 34 heavy (non-hydrogen) atoms. The second-order valence-corrected chi connectivity index (χ2v) is 9.20. The number of aromatic nitrogens is 3. The van der Waals surface area contributed by atoms with Crippen LogP contribution in [0.15, 0.2) is 48.8 Å². The van der Waals surface area contributed by atoms with Crippen molar-refractivity contribution in [2.24, 2.45) is 5.41 Å². The van der Waals surface area contributed by atoms with Crippen LogP contribution in [0.4, 0.5) is 4.39 Å². The Morgan fingerprint density at radius 3 is 2.32 bits per heavy atom. The van der Waals surface area contributed by atoms with E-state index in [4.69, 9.17) is 14.5 Å². The molecule has 0 bridgehead atoms. The van der Waals surface area contributed by atoms with Gasteiger partial charge in [0.2, 0.25) is 12.2 Å². The second-order valence-electron chi connectivity index (χ2n) is 9.20. The van der Waals surface area contributed by atoms with Crippen LogP contribution in [-0.4, -0.2) is 77.1 Å². The first-order valence-electron chi connectivity index (χ1n) is 11.4. The van der Waals surface area contributed by atoms with E-state index in [0.717, 1.165) is 29.9 Å². The minimum atomic E-state index is -0.743. The minimum absolute atomic E-state index is 0.0583. The van der Waals surface area contributed by atoms with E-state index < -0.39 is 11.7 Å². The molecule has 2 aliphatic heterocycles. The van der Waals surface area contributed by atoms with E-state index >= 15 is 0 Å². The third-order valence-electron chi connectivity index (χ3n) is 6.45. The van der Waals surface area contributed by atoms with Gasteiger partial charge in [0.25, 0.3) is 0 Å². The first kappa shape index (κ1) is 22.6. The summed E-state index contributed by atoms with van der Waals surface area (Å²) in [5.74, 6) is 0.247. The van der Waals surface area contributed by atoms with Crippen molar-refractivity contribution in [2.75, 3.05) is 46.4 Å². The van der Waals surface area contributed by atoms with E-state index in [1.807, 2.05) is 24.0 Å². The zero-order valence-corrected chi connectivity index (χ0v) is 19.3. The number of ether oxygens (including phenoxy) is 2. The monoisotopic (exact) mass is 465 g/mol. The first-order valence-corrected chi connectivity index (χ1v) is 11.4. The second kappa shape index (κ2) is 9.25. The Balaban J connectivity index is 1.36. The summed E-state index contributed by atoms with van der Waals surface area (Å²) in [5.41, 5.74) is 2.33. The lowest BCUT2D eigenvalue weighted by Gasteiger charge is -2.41. The molecule has 1 N–H and O–H groups in total. The molecule has 0 aliphatic carbocycles. The quantitative estimate of drug-likeness (QED) is 0.638. The van der Waals surface area contributed by atoms with Gasteiger partial charge in [-0.3, -0.25) is 9.78 Å². The molecule has 5 rings (SSSR count). The number of hydrogen-bond acceptors (Lipinski definition) is 6. The molecule has 3 aromatic rings. The largest absolute Gasteiger partial charge is 0.345 e. The van der Waals surface area contributed by atoms with Crippen molar-refractivity contribution >= 4 is 5.91 Å². The van der Waals surface area contributed by atoms with Crippen molar-refractivity contribution in [3.05, 3.63) is 60.4 Å². The summed E-state index contributed by atoms with van der Waals surface area (Å²) in [5, 5.41) is 0. The van der Waals surface area contributed by atoms with Gasteiger partial charge in [0.1, 0.15) is 5.82 Å². The lowest BCUT2D eigenvalue weighted by Crippen LogP contribution is -2.55. The molecular weight excluding hydrogens is 437 g/mol. The number of nitrogens with one attached hydrogen (secondary N) is 1. The third-order valence-corrected chi connectivity index (χ3v) is 6.45. The van der Waals surface area contributed by atoms with Gasteiger partial charge in [-0.2, -0.15) is 0 Å². The van der Waals surface area contributed by atoms with Crippen LogP contribution < -0.4 is 0 Å². The van der Waals surface area contributed by atoms with Crippen LogP contribution in [0.25, 0.3) is 22.5 Å². The molecule has 9 heteroatoms. The molecule has 2 saturated heterocycles. The number of imidazole rings is 1. The molecular formula is C25H28FN5O3. The van der Waals surface area contributed by atoms with Crippen LogP contribution in [0.3, 0.4) is 0 Å². The number of piperazine rings is 1. The fraction of sp³-hybridized carbons (Fsp3) is 0.400. The standard InChI is InChI=1S/C25H28FN5O3/c1-25(24(32)31-13-11-30(2)12-14-31)15-33-23(34-16-25)22-28-20(17-3-5-19(26)6-4-17)21(29-22)18-7-9-27-10-8-18/h3-10,23H,11-16H2,1-2H3,(H,28,29). The highest BCUT2D eigenvalue weighted by Crippen LogP contribution is 2.36. The van der Waals surface area contributed by atoms with Gasteiger partial charge in [-0.05, 0) is 50.4 Å². The molecule has 178 valence electrons. The number of hydrogen-bond donors (Lipinski definition) is 1. The fourth-order valence-electron chi connectivity index (χ4n) is 4.33. The van der Waals surface area contributed by atoms with Gasteiger partial charge in [0.15, 0.2) is 5.82 Å². The van der Waals surface area contributed by atoms with Gasteiger partial charge in [-0.1, -0.05) is 0 Å². The summed E-state index contributed by atoms with van der Waals surface area (Å²) >= 11 is 0. The number of H-pyrrole nitrogens is 1. The molecule has 0 saturated carbocycles. The fourth-order valence-corrected chi connectivity index (χ4v) is 4.33. The lowest BCUT2D eigenvalue weighted by atomic mass is 9.90. The van der Waals surface area contributed by atoms with Crippen molar-refractivity contribution in [2.45, 2.75) is 13.2 Å². The molecule has 2 fully saturated rings. The van der Waals surface area contributed by atoms with Crippen molar-refractivity contribution in [1.82, 2.24) is 24.8 Å². The lowest BCUT2D eigenvalue weighted by molar-refractivity contribution is -0.234. The summed E-state index contributed by atoms with van der Waals surface area (Å²) < 4.78 is 25.6. The minimum Gasteiger partial charge on any atom is -0.345 e. The van der Waals surface area contributed by atoms with Crippen LogP contribution in [0.1, 0.15) is 19.0 Å². The van der Waals surface area contributed by atoms with Gasteiger partial charge in [0, 0.05) is 49.7 Å². The molecule has 8 nitrogen and oxygen atoms in total. The predicted octanol–water partition coefficient (Wildman–Crippen LogP) is 3.10. The molecule has 0 atom stereocenters. The number of likely N-dealkylation sites (N-methyl/N-ethyl adjacent to an activating group) is 1. The number of pyridine rings is 1. The smallest absolute Gasteiger partial charge is 0.233 e. The topological polar surface area (TPSA) is 83.6 Å². The van der Waals surface area contributed by atoms with Crippen molar-refractivity contribution in [3.63, 3.8) is 0 Å². The van der Waals surface area contributed by atoms with Gasteiger partial charge < -0.3 is 24.3 Å². The number of rotatable bonds is 4. The van der Waals surface area contributed by atoms with Gasteiger partial charge in [-0.25, -0.2) is 9.37 Å². The number of amides is 1. The van der Waals surface area contributed by atoms with E-state index in [2.05, 4.69) is 21.9 Å². The normalized spacial score (nSPS) is 23.7. The van der Waals surface area contributed by atoms with Crippen molar-refractivity contribution in [3.8, 4) is 22.5 Å². The molecule has 2 aliphatic rings. The summed E-state index contributed by atoms with van der Waals surface area (Å²) in [6.07, 6.45) is 2.67. The molecule has 0 unspecified atom stereocenters. The Bertz CT molecular complexity index is 1140. The van der Waals surface area contributed by atoms with Gasteiger partial charge in [0.05, 0.1) is 30.0 Å². The highest BCUT2D eigenvalue weighted by atomic mass is 19.1. The van der Waals surface area contributed by atoms with Gasteiger partial charge >= 0.3 is 0 Å². The summed E-state index contributed by atoms with van der Waals surface area (Å²) in [6, 6.07) is 9.94. The summed E-state index contributed by atoms with van der Waals surface area (Å²) in [7, 11) is 2.06. The summed E-state index contributed by atoms with van der Waals surface area (Å²) in [4.78, 5) is 29.4. The number of carbonyl (C=O) groups excluding carboxylic acids is 1. The highest BCUT2D eigenvalue weighted by Gasteiger charge is 2.43. The van der Waals surface area contributed by atoms with Crippen LogP contribution in [0, 0.1) is 11.2 Å². The van der Waals surface area contributed by atoms with Gasteiger partial charge in [-0.15, -0.1) is 0 Å². The van der Waals surface area contributed by atoms with E-state index in [9.17, 15) is 9.18 Å². The number of halogens is 1. The Labute approximate surface area is 197 Å². The number of nitrogens with zero attached hydrogens (tertiary/aromatic N) is 4. The number of aromatic amines is 1. The highest BCUT2D eigenvalue weighted by molar-refractivity contribution is 5.83. The number of carbonyl (C=O) groups is 1. The van der Waals surface area contributed by atoms with E-state index in [-0.39, 0.29) is 24.9 Å². The Kier molecular flexibility index (Phi) is 6.16. The molecule has 0 spiro atoms. The zero-order valence-electron chi connectivity index (χ0n) is 19.3. The number of benzene rings is 1. The van der Waals surface area contributed by atoms with E-state index in [1.54, 1.807) is 24.5 Å². The SMILES string of the molecule is CN1CCN(C(=O)C2(C)COC(c3nc(-c4ccc(F)cc4)c(-c4ccncc4)[nH]3)OC2)CC1. The maximum absolute atomic E-state index is 13.5. The maximum atomic E-state index is 13.5. The molecule has 1 amide bonds. The van der Waals surface area contributed by atoms with E-state index in [0.29, 0.717) is 24.6 Å². The maximum Gasteiger partial charge on any atom is 0.233 e. The molecule has 2 aromatic heterocycles. The molecule has 1 aromatic carbocycles. The van der Waals surface area contributed by atoms with Crippen LogP contribution >= 0.6 is 0 Å². The first-order chi connectivity index (χ1) is 16.4. The van der Waals surface area contributed by atoms with Crippen LogP contribution in [-0.2, 0) is 14.3 Å². The summed E-state index contributed by atoms with van der Waals surface area (Å²) in [6.45, 7) is 5.51. The third kappa shape index (κ3) is 4.46.